The maximum Gasteiger partial charge on any atom is 0.113 e. The second-order valence-corrected chi connectivity index (χ2v) is 11.0. The van der Waals surface area contributed by atoms with E-state index < -0.39 is 0 Å². The minimum Gasteiger partial charge on any atom is -0.378 e. The summed E-state index contributed by atoms with van der Waals surface area (Å²) < 4.78 is 5.82. The van der Waals surface area contributed by atoms with E-state index in [4.69, 9.17) is 12.2 Å². The van der Waals surface area contributed by atoms with Crippen LogP contribution < -0.4 is 5.32 Å². The molecule has 18 heavy (non-hydrogen) atoms. The first kappa shape index (κ1) is 14.2. The first-order valence-electron chi connectivity index (χ1n) is 5.14. The van der Waals surface area contributed by atoms with Crippen molar-refractivity contribution in [2.75, 3.05) is 18.6 Å². The van der Waals surface area contributed by atoms with E-state index in [1.54, 1.807) is 23.5 Å². The zero-order valence-corrected chi connectivity index (χ0v) is 15.1. The van der Waals surface area contributed by atoms with Crippen LogP contribution in [0.25, 0.3) is 0 Å². The van der Waals surface area contributed by atoms with Crippen molar-refractivity contribution in [2.45, 2.75) is 0 Å². The molecule has 8 heteroatoms. The second-order valence-electron chi connectivity index (χ2n) is 3.33. The third-order valence-corrected chi connectivity index (χ3v) is 11.4. The quantitative estimate of drug-likeness (QED) is 0.637. The molecular weight excluding hydrogens is 359 g/mol. The zero-order valence-electron chi connectivity index (χ0n) is 9.35. The standard InChI is InChI=1S/C10H9NS7/c1-11-6(12)5-4-15-9(16-5)10-17-7-8(18-10)14-3-2-13-7/h4H,2-3H2,1H3,(H,11,12). The minimum atomic E-state index is 0.845. The Morgan fingerprint density at radius 3 is 2.33 bits per heavy atom. The molecule has 3 aliphatic rings. The Bertz CT molecular complexity index is 470. The van der Waals surface area contributed by atoms with Gasteiger partial charge in [-0.15, -0.1) is 23.5 Å². The summed E-state index contributed by atoms with van der Waals surface area (Å²) in [5.41, 5.74) is 0. The third-order valence-electron chi connectivity index (χ3n) is 2.18. The van der Waals surface area contributed by atoms with E-state index in [-0.39, 0.29) is 0 Å². The number of likely N-dealkylation sites (N-methyl/N-ethyl adjacent to an activating group) is 1. The molecule has 0 radical (unpaired) electrons. The highest BCUT2D eigenvalue weighted by atomic mass is 32.3. The molecule has 0 aliphatic carbocycles. The Labute approximate surface area is 138 Å². The predicted octanol–water partition coefficient (Wildman–Crippen LogP) is 5.07. The number of nitrogens with one attached hydrogen (secondary N) is 1. The summed E-state index contributed by atoms with van der Waals surface area (Å²) >= 11 is 16.8. The first-order valence-corrected chi connectivity index (χ1v) is 10.9. The smallest absolute Gasteiger partial charge is 0.113 e. The van der Waals surface area contributed by atoms with Gasteiger partial charge in [0.25, 0.3) is 0 Å². The largest absolute Gasteiger partial charge is 0.378 e. The lowest BCUT2D eigenvalue weighted by molar-refractivity contribution is 1.21. The molecule has 0 aromatic rings. The van der Waals surface area contributed by atoms with Crippen molar-refractivity contribution in [1.29, 1.82) is 0 Å². The van der Waals surface area contributed by atoms with Crippen LogP contribution in [0.4, 0.5) is 0 Å². The number of thiocarbonyl (C=S) groups is 1. The fourth-order valence-electron chi connectivity index (χ4n) is 1.37. The highest BCUT2D eigenvalue weighted by Gasteiger charge is 2.29. The second kappa shape index (κ2) is 6.32. The van der Waals surface area contributed by atoms with E-state index >= 15 is 0 Å². The topological polar surface area (TPSA) is 12.0 Å². The molecule has 0 aromatic heterocycles. The molecule has 3 heterocycles. The van der Waals surface area contributed by atoms with Crippen LogP contribution in [0.5, 0.6) is 0 Å². The van der Waals surface area contributed by atoms with Crippen LogP contribution in [0.3, 0.4) is 0 Å². The Hall–Kier alpha value is 1.21. The van der Waals surface area contributed by atoms with E-state index in [0.717, 1.165) is 4.99 Å². The number of thioether (sulfide) groups is 6. The summed E-state index contributed by atoms with van der Waals surface area (Å²) in [6.07, 6.45) is 0. The lowest BCUT2D eigenvalue weighted by Crippen LogP contribution is -2.15. The van der Waals surface area contributed by atoms with Crippen molar-refractivity contribution >= 4 is 87.8 Å². The molecule has 3 rings (SSSR count). The molecule has 96 valence electrons. The average Bonchev–Trinajstić information content (AvgIpc) is 3.03. The fourth-order valence-corrected chi connectivity index (χ4v) is 10.1. The molecule has 0 spiro atoms. The van der Waals surface area contributed by atoms with E-state index in [1.165, 1.54) is 33.4 Å². The molecule has 0 amide bonds. The fraction of sp³-hybridized carbons (Fsp3) is 0.300. The number of hydrogen-bond donors (Lipinski definition) is 1. The predicted molar refractivity (Wildman–Crippen MR) is 99.1 cm³/mol. The van der Waals surface area contributed by atoms with Gasteiger partial charge < -0.3 is 5.32 Å². The van der Waals surface area contributed by atoms with Gasteiger partial charge in [0.15, 0.2) is 0 Å². The van der Waals surface area contributed by atoms with Gasteiger partial charge in [0.2, 0.25) is 0 Å². The Balaban J connectivity index is 1.71. The van der Waals surface area contributed by atoms with Gasteiger partial charge in [-0.3, -0.25) is 0 Å². The molecule has 3 aliphatic heterocycles. The SMILES string of the molecule is CNC(=S)C1=CSC(=C2SC3=C(SCCS3)S2)S1. The summed E-state index contributed by atoms with van der Waals surface area (Å²) in [5.74, 6) is 2.49. The molecular formula is C10H9NS7. The van der Waals surface area contributed by atoms with E-state index in [1.807, 2.05) is 54.1 Å². The van der Waals surface area contributed by atoms with Crippen LogP contribution in [0.1, 0.15) is 0 Å². The molecule has 0 saturated heterocycles. The maximum absolute atomic E-state index is 5.28. The molecule has 1 N–H and O–H groups in total. The van der Waals surface area contributed by atoms with E-state index in [0.29, 0.717) is 0 Å². The summed E-state index contributed by atoms with van der Waals surface area (Å²) in [6, 6.07) is 0. The Morgan fingerprint density at radius 2 is 1.72 bits per heavy atom. The van der Waals surface area contributed by atoms with Crippen LogP contribution in [-0.4, -0.2) is 23.5 Å². The Kier molecular flexibility index (Phi) is 4.97. The number of hydrogen-bond acceptors (Lipinski definition) is 7. The van der Waals surface area contributed by atoms with Gasteiger partial charge in [0.1, 0.15) is 4.99 Å². The molecule has 1 nitrogen and oxygen atoms in total. The lowest BCUT2D eigenvalue weighted by atomic mass is 10.6. The molecule has 0 unspecified atom stereocenters. The number of rotatable bonds is 1. The highest BCUT2D eigenvalue weighted by Crippen LogP contribution is 2.63. The van der Waals surface area contributed by atoms with Crippen molar-refractivity contribution in [3.8, 4) is 0 Å². The summed E-state index contributed by atoms with van der Waals surface area (Å²) in [6.45, 7) is 0. The van der Waals surface area contributed by atoms with Gasteiger partial charge in [-0.2, -0.15) is 0 Å². The van der Waals surface area contributed by atoms with Crippen LogP contribution in [0.15, 0.2) is 27.3 Å². The van der Waals surface area contributed by atoms with Crippen molar-refractivity contribution < 1.29 is 0 Å². The van der Waals surface area contributed by atoms with Gasteiger partial charge in [-0.05, 0) is 5.41 Å². The van der Waals surface area contributed by atoms with Crippen molar-refractivity contribution in [3.63, 3.8) is 0 Å². The molecule has 0 bridgehead atoms. The first-order chi connectivity index (χ1) is 8.78. The molecule has 0 aromatic carbocycles. The van der Waals surface area contributed by atoms with Crippen LogP contribution in [-0.2, 0) is 0 Å². The minimum absolute atomic E-state index is 0.845. The highest BCUT2D eigenvalue weighted by molar-refractivity contribution is 8.43. The van der Waals surface area contributed by atoms with Crippen LogP contribution >= 0.6 is 82.8 Å². The van der Waals surface area contributed by atoms with Gasteiger partial charge >= 0.3 is 0 Å². The summed E-state index contributed by atoms with van der Waals surface area (Å²) in [5, 5.41) is 5.20. The van der Waals surface area contributed by atoms with Gasteiger partial charge in [-0.25, -0.2) is 0 Å². The lowest BCUT2D eigenvalue weighted by Gasteiger charge is -2.08. The Morgan fingerprint density at radius 1 is 1.06 bits per heavy atom. The monoisotopic (exact) mass is 367 g/mol. The molecule has 0 fully saturated rings. The van der Waals surface area contributed by atoms with Crippen molar-refractivity contribution in [1.82, 2.24) is 5.32 Å². The summed E-state index contributed by atoms with van der Waals surface area (Å²) in [4.78, 5) is 2.02. The van der Waals surface area contributed by atoms with Crippen molar-refractivity contribution in [3.05, 3.63) is 27.3 Å². The van der Waals surface area contributed by atoms with Crippen LogP contribution in [0.2, 0.25) is 0 Å². The maximum atomic E-state index is 5.28. The van der Waals surface area contributed by atoms with Gasteiger partial charge in [0, 0.05) is 18.6 Å². The van der Waals surface area contributed by atoms with E-state index in [9.17, 15) is 0 Å². The summed E-state index contributed by atoms with van der Waals surface area (Å²) in [7, 11) is 1.88. The van der Waals surface area contributed by atoms with Gasteiger partial charge in [-0.1, -0.05) is 59.3 Å². The third kappa shape index (κ3) is 2.94. The van der Waals surface area contributed by atoms with E-state index in [2.05, 4.69) is 10.7 Å². The normalized spacial score (nSPS) is 23.3. The van der Waals surface area contributed by atoms with Gasteiger partial charge in [0.05, 0.1) is 21.9 Å². The average molecular weight is 368 g/mol. The zero-order chi connectivity index (χ0) is 12.5. The molecule has 0 saturated carbocycles. The van der Waals surface area contributed by atoms with Crippen LogP contribution in [0, 0.1) is 0 Å². The molecule has 0 atom stereocenters. The van der Waals surface area contributed by atoms with Crippen molar-refractivity contribution in [2.24, 2.45) is 0 Å².